The molecule has 0 saturated carbocycles. The molecular weight excluding hydrogens is 366 g/mol. The van der Waals surface area contributed by atoms with E-state index in [0.29, 0.717) is 19.5 Å². The van der Waals surface area contributed by atoms with E-state index in [2.05, 4.69) is 15.6 Å². The Morgan fingerprint density at radius 3 is 2.48 bits per heavy atom. The number of carbonyl (C=O) groups is 1. The Hall–Kier alpha value is -3.54. The number of amides is 1. The quantitative estimate of drug-likeness (QED) is 0.583. The second-order valence-corrected chi connectivity index (χ2v) is 6.54. The summed E-state index contributed by atoms with van der Waals surface area (Å²) in [6.07, 6.45) is 3.80. The number of methoxy groups -OCH3 is 2. The molecule has 0 aliphatic heterocycles. The maximum Gasteiger partial charge on any atom is 0.224 e. The summed E-state index contributed by atoms with van der Waals surface area (Å²) in [5.74, 6) is 1.58. The Labute approximate surface area is 170 Å². The zero-order valence-electron chi connectivity index (χ0n) is 16.6. The average molecular weight is 391 g/mol. The van der Waals surface area contributed by atoms with Gasteiger partial charge in [0, 0.05) is 36.7 Å². The minimum absolute atomic E-state index is 0.0179. The molecule has 1 amide bonds. The first kappa shape index (κ1) is 20.2. The van der Waals surface area contributed by atoms with Crippen molar-refractivity contribution in [2.75, 3.05) is 19.5 Å². The molecule has 0 bridgehead atoms. The fraction of sp³-hybridized carbons (Fsp3) is 0.217. The number of ether oxygens (including phenoxy) is 2. The van der Waals surface area contributed by atoms with E-state index in [4.69, 9.17) is 9.47 Å². The molecule has 1 aromatic heterocycles. The van der Waals surface area contributed by atoms with Gasteiger partial charge < -0.3 is 20.1 Å². The van der Waals surface area contributed by atoms with Crippen molar-refractivity contribution in [1.29, 1.82) is 0 Å². The van der Waals surface area contributed by atoms with Crippen LogP contribution < -0.4 is 20.1 Å². The normalized spacial score (nSPS) is 10.3. The summed E-state index contributed by atoms with van der Waals surface area (Å²) >= 11 is 0. The molecule has 0 aliphatic rings. The molecule has 3 aromatic rings. The third kappa shape index (κ3) is 5.97. The maximum atomic E-state index is 12.1. The van der Waals surface area contributed by atoms with Crippen LogP contribution in [0, 0.1) is 0 Å². The molecule has 0 atom stereocenters. The minimum atomic E-state index is -0.0179. The molecule has 0 radical (unpaired) electrons. The number of hydrogen-bond acceptors (Lipinski definition) is 5. The Morgan fingerprint density at radius 2 is 1.79 bits per heavy atom. The van der Waals surface area contributed by atoms with E-state index in [0.717, 1.165) is 33.9 Å². The highest BCUT2D eigenvalue weighted by atomic mass is 16.5. The van der Waals surface area contributed by atoms with Gasteiger partial charge in [-0.25, -0.2) is 0 Å². The number of benzene rings is 2. The summed E-state index contributed by atoms with van der Waals surface area (Å²) in [6, 6.07) is 17.3. The van der Waals surface area contributed by atoms with Gasteiger partial charge in [-0.05, 0) is 47.5 Å². The van der Waals surface area contributed by atoms with E-state index >= 15 is 0 Å². The standard InChI is InChI=1S/C23H25N3O3/c1-28-21-9-10-22(29-2)19(13-21)16-25-20-7-5-17(6-8-20)12-23(27)26-15-18-4-3-11-24-14-18/h3-11,13-14,25H,12,15-16H2,1-2H3,(H,26,27). The van der Waals surface area contributed by atoms with Crippen LogP contribution in [0.15, 0.2) is 67.0 Å². The van der Waals surface area contributed by atoms with Crippen molar-refractivity contribution in [1.82, 2.24) is 10.3 Å². The van der Waals surface area contributed by atoms with Gasteiger partial charge in [-0.15, -0.1) is 0 Å². The SMILES string of the molecule is COc1ccc(OC)c(CNc2ccc(CC(=O)NCc3cccnc3)cc2)c1. The van der Waals surface area contributed by atoms with Gasteiger partial charge in [-0.3, -0.25) is 9.78 Å². The van der Waals surface area contributed by atoms with Crippen LogP contribution in [0.4, 0.5) is 5.69 Å². The van der Waals surface area contributed by atoms with Crippen LogP contribution in [-0.2, 0) is 24.3 Å². The summed E-state index contributed by atoms with van der Waals surface area (Å²) < 4.78 is 10.7. The van der Waals surface area contributed by atoms with E-state index in [1.54, 1.807) is 26.6 Å². The number of carbonyl (C=O) groups excluding carboxylic acids is 1. The van der Waals surface area contributed by atoms with E-state index in [1.807, 2.05) is 54.6 Å². The first-order chi connectivity index (χ1) is 14.2. The van der Waals surface area contributed by atoms with Crippen molar-refractivity contribution >= 4 is 11.6 Å². The lowest BCUT2D eigenvalue weighted by molar-refractivity contribution is -0.120. The highest BCUT2D eigenvalue weighted by Crippen LogP contribution is 2.25. The van der Waals surface area contributed by atoms with Crippen molar-refractivity contribution in [3.63, 3.8) is 0 Å². The van der Waals surface area contributed by atoms with Gasteiger partial charge in [0.25, 0.3) is 0 Å². The van der Waals surface area contributed by atoms with Gasteiger partial charge in [-0.2, -0.15) is 0 Å². The predicted molar refractivity (Wildman–Crippen MR) is 113 cm³/mol. The monoisotopic (exact) mass is 391 g/mol. The summed E-state index contributed by atoms with van der Waals surface area (Å²) in [5.41, 5.74) is 3.91. The van der Waals surface area contributed by atoms with Crippen molar-refractivity contribution in [3.05, 3.63) is 83.7 Å². The first-order valence-electron chi connectivity index (χ1n) is 9.37. The molecule has 6 heteroatoms. The second-order valence-electron chi connectivity index (χ2n) is 6.54. The molecule has 0 spiro atoms. The minimum Gasteiger partial charge on any atom is -0.497 e. The van der Waals surface area contributed by atoms with E-state index in [9.17, 15) is 4.79 Å². The lowest BCUT2D eigenvalue weighted by Gasteiger charge is -2.12. The van der Waals surface area contributed by atoms with Gasteiger partial charge in [0.1, 0.15) is 11.5 Å². The van der Waals surface area contributed by atoms with Crippen LogP contribution in [0.2, 0.25) is 0 Å². The molecule has 2 N–H and O–H groups in total. The number of pyridine rings is 1. The molecule has 0 fully saturated rings. The van der Waals surface area contributed by atoms with Gasteiger partial charge >= 0.3 is 0 Å². The Bertz CT molecular complexity index is 928. The zero-order valence-corrected chi connectivity index (χ0v) is 16.6. The molecule has 1 heterocycles. The molecule has 6 nitrogen and oxygen atoms in total. The molecule has 0 aliphatic carbocycles. The van der Waals surface area contributed by atoms with Crippen LogP contribution in [-0.4, -0.2) is 25.1 Å². The molecule has 0 saturated heterocycles. The molecule has 29 heavy (non-hydrogen) atoms. The lowest BCUT2D eigenvalue weighted by Crippen LogP contribution is -2.24. The van der Waals surface area contributed by atoms with Gasteiger partial charge in [0.05, 0.1) is 20.6 Å². The third-order valence-corrected chi connectivity index (χ3v) is 4.50. The fourth-order valence-electron chi connectivity index (χ4n) is 2.91. The van der Waals surface area contributed by atoms with Crippen LogP contribution in [0.3, 0.4) is 0 Å². The van der Waals surface area contributed by atoms with Crippen molar-refractivity contribution in [2.24, 2.45) is 0 Å². The smallest absolute Gasteiger partial charge is 0.224 e. The summed E-state index contributed by atoms with van der Waals surface area (Å²) in [4.78, 5) is 16.2. The van der Waals surface area contributed by atoms with E-state index in [-0.39, 0.29) is 5.91 Å². The number of aromatic nitrogens is 1. The van der Waals surface area contributed by atoms with E-state index < -0.39 is 0 Å². The predicted octanol–water partition coefficient (Wildman–Crippen LogP) is 3.57. The van der Waals surface area contributed by atoms with Crippen LogP contribution in [0.25, 0.3) is 0 Å². The third-order valence-electron chi connectivity index (χ3n) is 4.50. The molecule has 2 aromatic carbocycles. The number of hydrogen-bond donors (Lipinski definition) is 2. The van der Waals surface area contributed by atoms with Crippen molar-refractivity contribution < 1.29 is 14.3 Å². The van der Waals surface area contributed by atoms with Crippen LogP contribution >= 0.6 is 0 Å². The van der Waals surface area contributed by atoms with Gasteiger partial charge in [-0.1, -0.05) is 18.2 Å². The second kappa shape index (κ2) is 10.1. The van der Waals surface area contributed by atoms with Crippen LogP contribution in [0.1, 0.15) is 16.7 Å². The van der Waals surface area contributed by atoms with E-state index in [1.165, 1.54) is 0 Å². The Balaban J connectivity index is 1.52. The maximum absolute atomic E-state index is 12.1. The number of nitrogens with zero attached hydrogens (tertiary/aromatic N) is 1. The van der Waals surface area contributed by atoms with Gasteiger partial charge in [0.15, 0.2) is 0 Å². The number of anilines is 1. The van der Waals surface area contributed by atoms with Crippen molar-refractivity contribution in [2.45, 2.75) is 19.5 Å². The zero-order chi connectivity index (χ0) is 20.5. The number of rotatable bonds is 9. The largest absolute Gasteiger partial charge is 0.497 e. The highest BCUT2D eigenvalue weighted by Gasteiger charge is 2.06. The number of nitrogens with one attached hydrogen (secondary N) is 2. The first-order valence-corrected chi connectivity index (χ1v) is 9.37. The fourth-order valence-corrected chi connectivity index (χ4v) is 2.91. The Kier molecular flexibility index (Phi) is 7.05. The molecule has 150 valence electrons. The molecule has 0 unspecified atom stereocenters. The topological polar surface area (TPSA) is 72.5 Å². The molecule has 3 rings (SSSR count). The summed E-state index contributed by atoms with van der Waals surface area (Å²) in [5, 5.41) is 6.28. The highest BCUT2D eigenvalue weighted by molar-refractivity contribution is 5.78. The summed E-state index contributed by atoms with van der Waals surface area (Å²) in [6.45, 7) is 1.08. The lowest BCUT2D eigenvalue weighted by atomic mass is 10.1. The summed E-state index contributed by atoms with van der Waals surface area (Å²) in [7, 11) is 3.30. The van der Waals surface area contributed by atoms with Gasteiger partial charge in [0.2, 0.25) is 5.91 Å². The molecular formula is C23H25N3O3. The van der Waals surface area contributed by atoms with Crippen LogP contribution in [0.5, 0.6) is 11.5 Å². The average Bonchev–Trinajstić information content (AvgIpc) is 2.77. The van der Waals surface area contributed by atoms with Crippen molar-refractivity contribution in [3.8, 4) is 11.5 Å². The Morgan fingerprint density at radius 1 is 0.966 bits per heavy atom.